The van der Waals surface area contributed by atoms with Gasteiger partial charge < -0.3 is 19.5 Å². The van der Waals surface area contributed by atoms with Crippen molar-refractivity contribution >= 4 is 5.71 Å². The van der Waals surface area contributed by atoms with Crippen molar-refractivity contribution in [2.75, 3.05) is 33.4 Å². The summed E-state index contributed by atoms with van der Waals surface area (Å²) >= 11 is 0. The molecule has 0 saturated heterocycles. The molecule has 0 fully saturated rings. The number of rotatable bonds is 9. The monoisotopic (exact) mass is 403 g/mol. The van der Waals surface area contributed by atoms with Gasteiger partial charge in [0.15, 0.2) is 0 Å². The molecule has 30 heavy (non-hydrogen) atoms. The minimum atomic E-state index is 0.740. The van der Waals surface area contributed by atoms with Gasteiger partial charge in [0.2, 0.25) is 0 Å². The maximum atomic E-state index is 8.11. The minimum Gasteiger partial charge on any atom is -0.460 e. The first-order valence-corrected chi connectivity index (χ1v) is 10.6. The molecule has 156 valence electrons. The molecule has 0 aliphatic heterocycles. The number of fused-ring (bicyclic) bond motifs is 1. The first-order valence-electron chi connectivity index (χ1n) is 10.6. The third kappa shape index (κ3) is 4.37. The van der Waals surface area contributed by atoms with Crippen LogP contribution in [0, 0.1) is 5.41 Å². The van der Waals surface area contributed by atoms with Gasteiger partial charge in [0.05, 0.1) is 6.61 Å². The van der Waals surface area contributed by atoms with Crippen LogP contribution < -0.4 is 0 Å². The van der Waals surface area contributed by atoms with Gasteiger partial charge in [-0.3, -0.25) is 4.98 Å². The molecule has 5 nitrogen and oxygen atoms in total. The quantitative estimate of drug-likeness (QED) is 0.556. The molecule has 0 bridgehead atoms. The highest BCUT2D eigenvalue weighted by Crippen LogP contribution is 2.37. The van der Waals surface area contributed by atoms with E-state index in [1.807, 2.05) is 12.1 Å². The van der Waals surface area contributed by atoms with Crippen LogP contribution in [0.3, 0.4) is 0 Å². The van der Waals surface area contributed by atoms with Crippen molar-refractivity contribution < 1.29 is 9.15 Å². The SMILES string of the molecule is CCN(CCOC)CCc1cc(-c2ccc3c(c2)CCC3=N)c(-c2ccncc2)o1. The van der Waals surface area contributed by atoms with Crippen molar-refractivity contribution in [2.24, 2.45) is 0 Å². The second kappa shape index (κ2) is 9.37. The van der Waals surface area contributed by atoms with Gasteiger partial charge in [0.1, 0.15) is 11.5 Å². The third-order valence-corrected chi connectivity index (χ3v) is 5.84. The number of benzene rings is 1. The average molecular weight is 404 g/mol. The standard InChI is InChI=1S/C25H29N3O2/c1-3-28(14-15-29-2)13-10-21-17-23(25(30-21)18-8-11-27-12-9-18)20-4-6-22-19(16-20)5-7-24(22)26/h4,6,8-9,11-12,16-17,26H,3,5,7,10,13-15H2,1-2H3. The lowest BCUT2D eigenvalue weighted by Gasteiger charge is -2.18. The first-order chi connectivity index (χ1) is 14.7. The van der Waals surface area contributed by atoms with Crippen molar-refractivity contribution in [3.8, 4) is 22.5 Å². The zero-order valence-electron chi connectivity index (χ0n) is 17.8. The number of furan rings is 1. The topological polar surface area (TPSA) is 62.4 Å². The van der Waals surface area contributed by atoms with Crippen LogP contribution in [0.4, 0.5) is 0 Å². The Labute approximate surface area is 178 Å². The van der Waals surface area contributed by atoms with Crippen molar-refractivity contribution in [1.82, 2.24) is 9.88 Å². The van der Waals surface area contributed by atoms with Crippen LogP contribution in [0.25, 0.3) is 22.5 Å². The number of nitrogens with one attached hydrogen (secondary N) is 1. The number of hydrogen-bond donors (Lipinski definition) is 1. The van der Waals surface area contributed by atoms with Crippen LogP contribution in [0.2, 0.25) is 0 Å². The van der Waals surface area contributed by atoms with Gasteiger partial charge in [-0.25, -0.2) is 0 Å². The predicted molar refractivity (Wildman–Crippen MR) is 120 cm³/mol. The van der Waals surface area contributed by atoms with Crippen LogP contribution in [0.5, 0.6) is 0 Å². The van der Waals surface area contributed by atoms with E-state index in [0.29, 0.717) is 0 Å². The summed E-state index contributed by atoms with van der Waals surface area (Å²) in [5.74, 6) is 1.88. The molecule has 1 N–H and O–H groups in total. The summed E-state index contributed by atoms with van der Waals surface area (Å²) in [5, 5.41) is 8.11. The second-order valence-electron chi connectivity index (χ2n) is 7.72. The van der Waals surface area contributed by atoms with Gasteiger partial charge in [0.25, 0.3) is 0 Å². The number of aryl methyl sites for hydroxylation is 1. The van der Waals surface area contributed by atoms with E-state index in [1.54, 1.807) is 19.5 Å². The molecule has 2 aromatic heterocycles. The molecule has 3 aromatic rings. The number of methoxy groups -OCH3 is 1. The van der Waals surface area contributed by atoms with E-state index >= 15 is 0 Å². The van der Waals surface area contributed by atoms with E-state index in [-0.39, 0.29) is 0 Å². The molecule has 0 spiro atoms. The van der Waals surface area contributed by atoms with Crippen LogP contribution in [0.1, 0.15) is 30.2 Å². The number of pyridine rings is 1. The molecule has 4 rings (SSSR count). The van der Waals surface area contributed by atoms with Crippen molar-refractivity contribution in [3.63, 3.8) is 0 Å². The molecule has 0 atom stereocenters. The Morgan fingerprint density at radius 3 is 2.63 bits per heavy atom. The Balaban J connectivity index is 1.65. The summed E-state index contributed by atoms with van der Waals surface area (Å²) in [4.78, 5) is 6.52. The third-order valence-electron chi connectivity index (χ3n) is 5.84. The van der Waals surface area contributed by atoms with Crippen LogP contribution in [-0.4, -0.2) is 48.9 Å². The minimum absolute atomic E-state index is 0.740. The van der Waals surface area contributed by atoms with E-state index < -0.39 is 0 Å². The van der Waals surface area contributed by atoms with Crippen molar-refractivity contribution in [3.05, 3.63) is 65.7 Å². The van der Waals surface area contributed by atoms with E-state index in [2.05, 4.69) is 41.1 Å². The number of hydrogen-bond acceptors (Lipinski definition) is 5. The Bertz CT molecular complexity index is 1010. The molecule has 0 saturated carbocycles. The Hall–Kier alpha value is -2.76. The molecule has 1 aromatic carbocycles. The Morgan fingerprint density at radius 1 is 1.03 bits per heavy atom. The maximum Gasteiger partial charge on any atom is 0.142 e. The summed E-state index contributed by atoms with van der Waals surface area (Å²) < 4.78 is 11.6. The van der Waals surface area contributed by atoms with E-state index in [1.165, 1.54) is 5.56 Å². The van der Waals surface area contributed by atoms with Gasteiger partial charge in [-0.05, 0) is 54.3 Å². The van der Waals surface area contributed by atoms with Gasteiger partial charge in [0, 0.05) is 55.9 Å². The zero-order valence-corrected chi connectivity index (χ0v) is 17.8. The number of ether oxygens (including phenoxy) is 1. The van der Waals surface area contributed by atoms with Gasteiger partial charge in [-0.1, -0.05) is 25.1 Å². The van der Waals surface area contributed by atoms with Gasteiger partial charge >= 0.3 is 0 Å². The van der Waals surface area contributed by atoms with Gasteiger partial charge in [-0.2, -0.15) is 0 Å². The van der Waals surface area contributed by atoms with E-state index in [9.17, 15) is 0 Å². The smallest absolute Gasteiger partial charge is 0.142 e. The fourth-order valence-corrected chi connectivity index (χ4v) is 4.07. The Kier molecular flexibility index (Phi) is 6.41. The van der Waals surface area contributed by atoms with Crippen molar-refractivity contribution in [2.45, 2.75) is 26.2 Å². The average Bonchev–Trinajstić information content (AvgIpc) is 3.38. The fourth-order valence-electron chi connectivity index (χ4n) is 4.07. The molecular weight excluding hydrogens is 374 g/mol. The normalized spacial score (nSPS) is 13.2. The molecule has 2 heterocycles. The van der Waals surface area contributed by atoms with E-state index in [4.69, 9.17) is 14.6 Å². The lowest BCUT2D eigenvalue weighted by Crippen LogP contribution is -2.29. The van der Waals surface area contributed by atoms with Crippen LogP contribution in [-0.2, 0) is 17.6 Å². The summed E-state index contributed by atoms with van der Waals surface area (Å²) in [6.45, 7) is 5.76. The molecule has 0 amide bonds. The molecular formula is C25H29N3O2. The highest BCUT2D eigenvalue weighted by Gasteiger charge is 2.20. The molecule has 0 radical (unpaired) electrons. The predicted octanol–water partition coefficient (Wildman–Crippen LogP) is 4.83. The largest absolute Gasteiger partial charge is 0.460 e. The molecule has 5 heteroatoms. The molecule has 1 aliphatic carbocycles. The van der Waals surface area contributed by atoms with Crippen LogP contribution in [0.15, 0.2) is 53.2 Å². The van der Waals surface area contributed by atoms with Crippen molar-refractivity contribution in [1.29, 1.82) is 5.41 Å². The van der Waals surface area contributed by atoms with E-state index in [0.717, 1.165) is 85.0 Å². The Morgan fingerprint density at radius 2 is 1.87 bits per heavy atom. The lowest BCUT2D eigenvalue weighted by molar-refractivity contribution is 0.150. The highest BCUT2D eigenvalue weighted by atomic mass is 16.5. The van der Waals surface area contributed by atoms with Crippen LogP contribution >= 0.6 is 0 Å². The number of aromatic nitrogens is 1. The summed E-state index contributed by atoms with van der Waals surface area (Å²) in [6.07, 6.45) is 6.23. The summed E-state index contributed by atoms with van der Waals surface area (Å²) in [6, 6.07) is 12.6. The summed E-state index contributed by atoms with van der Waals surface area (Å²) in [5.41, 5.74) is 6.39. The zero-order chi connectivity index (χ0) is 20.9. The van der Waals surface area contributed by atoms with Gasteiger partial charge in [-0.15, -0.1) is 0 Å². The maximum absolute atomic E-state index is 8.11. The first kappa shape index (κ1) is 20.5. The lowest BCUT2D eigenvalue weighted by atomic mass is 9.98. The molecule has 1 aliphatic rings. The highest BCUT2D eigenvalue weighted by molar-refractivity contribution is 6.03. The number of likely N-dealkylation sites (N-methyl/N-ethyl adjacent to an activating group) is 1. The number of nitrogens with zero attached hydrogens (tertiary/aromatic N) is 2. The fraction of sp³-hybridized carbons (Fsp3) is 0.360. The molecule has 0 unspecified atom stereocenters. The second-order valence-corrected chi connectivity index (χ2v) is 7.72. The summed E-state index contributed by atoms with van der Waals surface area (Å²) in [7, 11) is 1.74.